The summed E-state index contributed by atoms with van der Waals surface area (Å²) < 4.78 is 0. The van der Waals surface area contributed by atoms with Gasteiger partial charge in [0.2, 0.25) is 0 Å². The molecule has 0 radical (unpaired) electrons. The first kappa shape index (κ1) is 15.8. The van der Waals surface area contributed by atoms with E-state index in [1.807, 2.05) is 72.8 Å². The number of para-hydroxylation sites is 1. The molecule has 0 saturated heterocycles. The lowest BCUT2D eigenvalue weighted by Crippen LogP contribution is -2.50. The summed E-state index contributed by atoms with van der Waals surface area (Å²) in [5.41, 5.74) is 5.82. The predicted molar refractivity (Wildman–Crippen MR) is 102 cm³/mol. The Balaban J connectivity index is 1.82. The van der Waals surface area contributed by atoms with E-state index in [1.54, 1.807) is 23.5 Å². The molecule has 26 heavy (non-hydrogen) atoms. The Kier molecular flexibility index (Phi) is 4.26. The Morgan fingerprint density at radius 2 is 1.62 bits per heavy atom. The zero-order valence-electron chi connectivity index (χ0n) is 13.9. The molecular formula is C21H16N4O. The standard InChI is InChI=1S/C21H16N4O/c26-21-19(14-16-8-3-1-4-9-16)23-20(17-10-7-13-22-15-17)25(24-21)18-11-5-2-6-12-18/h1-15H,(H,24,26)/b19-14-. The molecule has 2 heterocycles. The minimum atomic E-state index is -0.259. The van der Waals surface area contributed by atoms with Crippen LogP contribution >= 0.6 is 0 Å². The molecule has 2 aromatic carbocycles. The van der Waals surface area contributed by atoms with Crippen LogP contribution in [0.2, 0.25) is 0 Å². The summed E-state index contributed by atoms with van der Waals surface area (Å²) >= 11 is 0. The first-order valence-electron chi connectivity index (χ1n) is 8.23. The van der Waals surface area contributed by atoms with Gasteiger partial charge >= 0.3 is 0 Å². The Morgan fingerprint density at radius 3 is 2.31 bits per heavy atom. The summed E-state index contributed by atoms with van der Waals surface area (Å²) in [6.45, 7) is 0. The number of hydrogen-bond acceptors (Lipinski definition) is 4. The Morgan fingerprint density at radius 1 is 0.885 bits per heavy atom. The average Bonchev–Trinajstić information content (AvgIpc) is 2.71. The molecule has 5 heteroatoms. The van der Waals surface area contributed by atoms with Crippen molar-refractivity contribution in [2.45, 2.75) is 0 Å². The van der Waals surface area contributed by atoms with Gasteiger partial charge in [-0.15, -0.1) is 0 Å². The fourth-order valence-electron chi connectivity index (χ4n) is 2.68. The number of hydrogen-bond donors (Lipinski definition) is 1. The topological polar surface area (TPSA) is 57.6 Å². The molecule has 1 aliphatic heterocycles. The van der Waals surface area contributed by atoms with E-state index in [-0.39, 0.29) is 5.91 Å². The van der Waals surface area contributed by atoms with E-state index in [1.165, 1.54) is 0 Å². The maximum atomic E-state index is 12.6. The summed E-state index contributed by atoms with van der Waals surface area (Å²) in [6, 6.07) is 23.0. The molecule has 1 N–H and O–H groups in total. The number of hydrazine groups is 1. The molecule has 1 amide bonds. The van der Waals surface area contributed by atoms with Crippen LogP contribution in [0.15, 0.2) is 95.9 Å². The number of nitrogens with zero attached hydrogens (tertiary/aromatic N) is 3. The number of nitrogens with one attached hydrogen (secondary N) is 1. The van der Waals surface area contributed by atoms with E-state index >= 15 is 0 Å². The van der Waals surface area contributed by atoms with Crippen LogP contribution in [0.1, 0.15) is 11.1 Å². The number of aliphatic imine (C=N–C) groups is 1. The van der Waals surface area contributed by atoms with E-state index in [2.05, 4.69) is 15.4 Å². The zero-order valence-corrected chi connectivity index (χ0v) is 13.9. The van der Waals surface area contributed by atoms with Gasteiger partial charge in [-0.25, -0.2) is 10.0 Å². The number of carbonyl (C=O) groups is 1. The van der Waals surface area contributed by atoms with Crippen LogP contribution in [0.25, 0.3) is 6.08 Å². The van der Waals surface area contributed by atoms with Gasteiger partial charge in [-0.1, -0.05) is 48.5 Å². The third-order valence-corrected chi connectivity index (χ3v) is 3.92. The smallest absolute Gasteiger partial charge is 0.266 e. The number of amidine groups is 1. The van der Waals surface area contributed by atoms with Gasteiger partial charge in [-0.05, 0) is 35.9 Å². The summed E-state index contributed by atoms with van der Waals surface area (Å²) in [4.78, 5) is 21.4. The Hall–Kier alpha value is -3.73. The number of amides is 1. The second-order valence-electron chi connectivity index (χ2n) is 5.73. The van der Waals surface area contributed by atoms with Crippen molar-refractivity contribution in [1.82, 2.24) is 10.4 Å². The molecule has 5 nitrogen and oxygen atoms in total. The molecule has 0 saturated carbocycles. The normalized spacial score (nSPS) is 15.5. The van der Waals surface area contributed by atoms with Crippen molar-refractivity contribution in [1.29, 1.82) is 0 Å². The fourth-order valence-corrected chi connectivity index (χ4v) is 2.68. The van der Waals surface area contributed by atoms with Crippen molar-refractivity contribution >= 4 is 23.5 Å². The highest BCUT2D eigenvalue weighted by Gasteiger charge is 2.26. The molecule has 0 spiro atoms. The minimum Gasteiger partial charge on any atom is -0.266 e. The summed E-state index contributed by atoms with van der Waals surface area (Å²) in [5, 5.41) is 1.68. The molecule has 3 aromatic rings. The average molecular weight is 340 g/mol. The van der Waals surface area contributed by atoms with Crippen LogP contribution in [-0.4, -0.2) is 16.7 Å². The summed E-state index contributed by atoms with van der Waals surface area (Å²) in [7, 11) is 0. The number of rotatable bonds is 3. The van der Waals surface area contributed by atoms with Crippen LogP contribution in [0.5, 0.6) is 0 Å². The van der Waals surface area contributed by atoms with Crippen LogP contribution in [0.3, 0.4) is 0 Å². The van der Waals surface area contributed by atoms with E-state index in [4.69, 9.17) is 0 Å². The number of pyridine rings is 1. The van der Waals surface area contributed by atoms with E-state index in [9.17, 15) is 4.79 Å². The highest BCUT2D eigenvalue weighted by molar-refractivity contribution is 6.17. The number of carbonyl (C=O) groups excluding carboxylic acids is 1. The van der Waals surface area contributed by atoms with Gasteiger partial charge in [0, 0.05) is 18.0 Å². The van der Waals surface area contributed by atoms with Crippen molar-refractivity contribution in [2.24, 2.45) is 4.99 Å². The second-order valence-corrected chi connectivity index (χ2v) is 5.73. The fraction of sp³-hybridized carbons (Fsp3) is 0. The van der Waals surface area contributed by atoms with Crippen LogP contribution in [0, 0.1) is 0 Å². The monoisotopic (exact) mass is 340 g/mol. The minimum absolute atomic E-state index is 0.259. The van der Waals surface area contributed by atoms with Crippen molar-refractivity contribution in [3.63, 3.8) is 0 Å². The van der Waals surface area contributed by atoms with Crippen LogP contribution < -0.4 is 10.4 Å². The second kappa shape index (κ2) is 7.03. The van der Waals surface area contributed by atoms with E-state index in [0.717, 1.165) is 16.8 Å². The van der Waals surface area contributed by atoms with Crippen LogP contribution in [-0.2, 0) is 4.79 Å². The molecule has 0 atom stereocenters. The highest BCUT2D eigenvalue weighted by atomic mass is 16.2. The SMILES string of the molecule is O=C1NN(c2ccccc2)C(c2cccnc2)=N/C1=C\c1ccccc1. The molecule has 126 valence electrons. The van der Waals surface area contributed by atoms with E-state index in [0.29, 0.717) is 11.5 Å². The van der Waals surface area contributed by atoms with Gasteiger partial charge in [0.1, 0.15) is 5.70 Å². The molecule has 0 bridgehead atoms. The van der Waals surface area contributed by atoms with Crippen molar-refractivity contribution in [3.8, 4) is 0 Å². The molecule has 0 aliphatic carbocycles. The maximum Gasteiger partial charge on any atom is 0.288 e. The van der Waals surface area contributed by atoms with Crippen molar-refractivity contribution in [2.75, 3.05) is 5.01 Å². The molecule has 0 fully saturated rings. The van der Waals surface area contributed by atoms with Crippen LogP contribution in [0.4, 0.5) is 5.69 Å². The highest BCUT2D eigenvalue weighted by Crippen LogP contribution is 2.21. The summed E-state index contributed by atoms with van der Waals surface area (Å²) in [5.74, 6) is 0.358. The molecular weight excluding hydrogens is 324 g/mol. The third-order valence-electron chi connectivity index (χ3n) is 3.92. The van der Waals surface area contributed by atoms with Gasteiger partial charge in [-0.3, -0.25) is 15.2 Å². The number of aromatic nitrogens is 1. The lowest BCUT2D eigenvalue weighted by atomic mass is 10.1. The number of benzene rings is 2. The summed E-state index contributed by atoms with van der Waals surface area (Å²) in [6.07, 6.45) is 5.21. The Labute approximate surface area is 151 Å². The predicted octanol–water partition coefficient (Wildman–Crippen LogP) is 3.42. The largest absolute Gasteiger partial charge is 0.288 e. The lowest BCUT2D eigenvalue weighted by molar-refractivity contribution is -0.117. The first-order chi connectivity index (χ1) is 12.8. The molecule has 1 aromatic heterocycles. The zero-order chi connectivity index (χ0) is 17.8. The van der Waals surface area contributed by atoms with Gasteiger partial charge < -0.3 is 0 Å². The van der Waals surface area contributed by atoms with Gasteiger partial charge in [0.05, 0.1) is 5.69 Å². The molecule has 0 unspecified atom stereocenters. The maximum absolute atomic E-state index is 12.6. The lowest BCUT2D eigenvalue weighted by Gasteiger charge is -2.30. The van der Waals surface area contributed by atoms with E-state index < -0.39 is 0 Å². The quantitative estimate of drug-likeness (QED) is 0.743. The Bertz CT molecular complexity index is 967. The van der Waals surface area contributed by atoms with Gasteiger partial charge in [0.15, 0.2) is 5.84 Å². The first-order valence-corrected chi connectivity index (χ1v) is 8.23. The van der Waals surface area contributed by atoms with Gasteiger partial charge in [-0.2, -0.15) is 0 Å². The molecule has 4 rings (SSSR count). The molecule has 1 aliphatic rings. The number of anilines is 1. The van der Waals surface area contributed by atoms with Gasteiger partial charge in [0.25, 0.3) is 5.91 Å². The van der Waals surface area contributed by atoms with Crippen molar-refractivity contribution < 1.29 is 4.79 Å². The third kappa shape index (κ3) is 3.23. The van der Waals surface area contributed by atoms with Crippen molar-refractivity contribution in [3.05, 3.63) is 102 Å².